The van der Waals surface area contributed by atoms with E-state index in [1.54, 1.807) is 12.1 Å². The van der Waals surface area contributed by atoms with E-state index in [4.69, 9.17) is 0 Å². The molecule has 0 aromatic heterocycles. The van der Waals surface area contributed by atoms with Crippen molar-refractivity contribution in [3.8, 4) is 0 Å². The molecule has 3 aromatic carbocycles. The molecular weight excluding hydrogens is 536 g/mol. The van der Waals surface area contributed by atoms with Crippen molar-refractivity contribution in [1.29, 1.82) is 0 Å². The van der Waals surface area contributed by atoms with Crippen molar-refractivity contribution in [3.63, 3.8) is 0 Å². The van der Waals surface area contributed by atoms with Gasteiger partial charge < -0.3 is 10.2 Å². The first kappa shape index (κ1) is 30.7. The van der Waals surface area contributed by atoms with Crippen molar-refractivity contribution in [2.45, 2.75) is 45.2 Å². The van der Waals surface area contributed by atoms with Gasteiger partial charge in [-0.3, -0.25) is 13.9 Å². The maximum atomic E-state index is 13.7. The molecule has 1 atom stereocenters. The Hall–Kier alpha value is -3.79. The van der Waals surface area contributed by atoms with Crippen molar-refractivity contribution >= 4 is 27.5 Å². The summed E-state index contributed by atoms with van der Waals surface area (Å²) in [6.45, 7) is 2.45. The molecule has 0 aliphatic rings. The molecule has 7 nitrogen and oxygen atoms in total. The van der Waals surface area contributed by atoms with Gasteiger partial charge in [0, 0.05) is 32.5 Å². The molecule has 0 spiro atoms. The Bertz CT molecular complexity index is 1350. The average Bonchev–Trinajstić information content (AvgIpc) is 2.93. The number of carbonyl (C=O) groups excluding carboxylic acids is 2. The van der Waals surface area contributed by atoms with Gasteiger partial charge in [0.05, 0.1) is 11.9 Å². The summed E-state index contributed by atoms with van der Waals surface area (Å²) in [5, 5.41) is 2.89. The molecule has 2 amide bonds. The SMILES string of the molecule is CCCNC(=O)C(Cc1ccccc1)N(Cc1ccc(F)cc1)C(=O)CCCN(c1ccc(F)cc1)S(C)(=O)=O. The van der Waals surface area contributed by atoms with Crippen LogP contribution in [0, 0.1) is 11.6 Å². The number of sulfonamides is 1. The van der Waals surface area contributed by atoms with Gasteiger partial charge in [0.15, 0.2) is 0 Å². The van der Waals surface area contributed by atoms with Gasteiger partial charge in [0.1, 0.15) is 17.7 Å². The van der Waals surface area contributed by atoms with Crippen molar-refractivity contribution in [1.82, 2.24) is 10.2 Å². The van der Waals surface area contributed by atoms with Gasteiger partial charge in [0.25, 0.3) is 0 Å². The zero-order valence-corrected chi connectivity index (χ0v) is 23.5. The normalized spacial score (nSPS) is 12.0. The molecule has 0 radical (unpaired) electrons. The van der Waals surface area contributed by atoms with Crippen LogP contribution in [0.3, 0.4) is 0 Å². The highest BCUT2D eigenvalue weighted by Gasteiger charge is 2.30. The van der Waals surface area contributed by atoms with E-state index in [9.17, 15) is 26.8 Å². The fourth-order valence-corrected chi connectivity index (χ4v) is 5.28. The summed E-state index contributed by atoms with van der Waals surface area (Å²) < 4.78 is 53.0. The summed E-state index contributed by atoms with van der Waals surface area (Å²) in [5.74, 6) is -1.55. The number of nitrogens with one attached hydrogen (secondary N) is 1. The van der Waals surface area contributed by atoms with E-state index < -0.39 is 27.7 Å². The first-order chi connectivity index (χ1) is 19.1. The molecular formula is C30H35F2N3O4S. The zero-order valence-electron chi connectivity index (χ0n) is 22.7. The van der Waals surface area contributed by atoms with E-state index in [1.807, 2.05) is 37.3 Å². The van der Waals surface area contributed by atoms with E-state index >= 15 is 0 Å². The topological polar surface area (TPSA) is 86.8 Å². The lowest BCUT2D eigenvalue weighted by Crippen LogP contribution is -2.50. The molecule has 3 rings (SSSR count). The van der Waals surface area contributed by atoms with E-state index in [0.29, 0.717) is 17.8 Å². The van der Waals surface area contributed by atoms with Crippen molar-refractivity contribution < 1.29 is 26.8 Å². The standard InChI is InChI=1S/C30H35F2N3O4S/c1-3-19-33-30(37)28(21-23-8-5-4-6-9-23)34(22-24-11-13-25(31)14-12-24)29(36)10-7-20-35(40(2,38)39)27-17-15-26(32)16-18-27/h4-6,8-9,11-18,28H,3,7,10,19-22H2,1-2H3,(H,33,37). The molecule has 0 saturated heterocycles. The molecule has 1 N–H and O–H groups in total. The molecule has 0 bridgehead atoms. The fraction of sp³-hybridized carbons (Fsp3) is 0.333. The Morgan fingerprint density at radius 2 is 1.48 bits per heavy atom. The maximum absolute atomic E-state index is 13.7. The van der Waals surface area contributed by atoms with E-state index in [-0.39, 0.29) is 44.2 Å². The minimum absolute atomic E-state index is 0.00796. The van der Waals surface area contributed by atoms with Crippen molar-refractivity contribution in [2.75, 3.05) is 23.7 Å². The van der Waals surface area contributed by atoms with Crippen LogP contribution in [0.2, 0.25) is 0 Å². The third-order valence-corrected chi connectivity index (χ3v) is 7.55. The monoisotopic (exact) mass is 571 g/mol. The molecule has 1 unspecified atom stereocenters. The van der Waals surface area contributed by atoms with Gasteiger partial charge >= 0.3 is 0 Å². The number of rotatable bonds is 14. The highest BCUT2D eigenvalue weighted by atomic mass is 32.2. The number of benzene rings is 3. The second-order valence-electron chi connectivity index (χ2n) is 9.56. The van der Waals surface area contributed by atoms with Crippen LogP contribution in [0.5, 0.6) is 0 Å². The molecule has 0 fully saturated rings. The Morgan fingerprint density at radius 1 is 0.875 bits per heavy atom. The molecule has 10 heteroatoms. The number of hydrogen-bond donors (Lipinski definition) is 1. The summed E-state index contributed by atoms with van der Waals surface area (Å²) in [6.07, 6.45) is 2.17. The van der Waals surface area contributed by atoms with Crippen LogP contribution >= 0.6 is 0 Å². The van der Waals surface area contributed by atoms with Gasteiger partial charge in [-0.1, -0.05) is 49.4 Å². The lowest BCUT2D eigenvalue weighted by Gasteiger charge is -2.32. The second-order valence-corrected chi connectivity index (χ2v) is 11.5. The molecule has 214 valence electrons. The number of amides is 2. The van der Waals surface area contributed by atoms with E-state index in [0.717, 1.165) is 22.5 Å². The molecule has 0 aliphatic carbocycles. The summed E-state index contributed by atoms with van der Waals surface area (Å²) in [4.78, 5) is 28.5. The second kappa shape index (κ2) is 14.6. The van der Waals surface area contributed by atoms with Crippen LogP contribution in [0.4, 0.5) is 14.5 Å². The van der Waals surface area contributed by atoms with E-state index in [1.165, 1.54) is 41.3 Å². The van der Waals surface area contributed by atoms with Crippen LogP contribution in [0.1, 0.15) is 37.3 Å². The number of carbonyl (C=O) groups is 2. The summed E-state index contributed by atoms with van der Waals surface area (Å²) in [7, 11) is -3.70. The predicted molar refractivity (Wildman–Crippen MR) is 152 cm³/mol. The Kier molecular flexibility index (Phi) is 11.2. The maximum Gasteiger partial charge on any atom is 0.243 e. The highest BCUT2D eigenvalue weighted by molar-refractivity contribution is 7.92. The van der Waals surface area contributed by atoms with Gasteiger partial charge in [-0.2, -0.15) is 0 Å². The van der Waals surface area contributed by atoms with Gasteiger partial charge in [0.2, 0.25) is 21.8 Å². The zero-order chi connectivity index (χ0) is 29.1. The van der Waals surface area contributed by atoms with Gasteiger partial charge in [-0.15, -0.1) is 0 Å². The first-order valence-electron chi connectivity index (χ1n) is 13.2. The largest absolute Gasteiger partial charge is 0.354 e. The van der Waals surface area contributed by atoms with Crippen molar-refractivity contribution in [3.05, 3.63) is 102 Å². The number of halogens is 2. The molecule has 0 aliphatic heterocycles. The Morgan fingerprint density at radius 3 is 2.05 bits per heavy atom. The summed E-state index contributed by atoms with van der Waals surface area (Å²) in [6, 6.07) is 19.3. The van der Waals surface area contributed by atoms with Crippen LogP contribution in [0.25, 0.3) is 0 Å². The lowest BCUT2D eigenvalue weighted by atomic mass is 10.0. The smallest absolute Gasteiger partial charge is 0.243 e. The van der Waals surface area contributed by atoms with Crippen LogP contribution in [-0.4, -0.2) is 50.5 Å². The lowest BCUT2D eigenvalue weighted by molar-refractivity contribution is -0.141. The predicted octanol–water partition coefficient (Wildman–Crippen LogP) is 4.68. The molecule has 40 heavy (non-hydrogen) atoms. The third kappa shape index (κ3) is 9.15. The quantitative estimate of drug-likeness (QED) is 0.305. The highest BCUT2D eigenvalue weighted by Crippen LogP contribution is 2.21. The Labute approximate surface area is 234 Å². The average molecular weight is 572 g/mol. The van der Waals surface area contributed by atoms with Crippen LogP contribution in [-0.2, 0) is 32.6 Å². The summed E-state index contributed by atoms with van der Waals surface area (Å²) in [5.41, 5.74) is 1.82. The first-order valence-corrected chi connectivity index (χ1v) is 15.0. The van der Waals surface area contributed by atoms with Crippen LogP contribution in [0.15, 0.2) is 78.9 Å². The van der Waals surface area contributed by atoms with Crippen molar-refractivity contribution in [2.24, 2.45) is 0 Å². The third-order valence-electron chi connectivity index (χ3n) is 6.35. The minimum atomic E-state index is -3.70. The van der Waals surface area contributed by atoms with Crippen LogP contribution < -0.4 is 9.62 Å². The molecule has 0 saturated carbocycles. The minimum Gasteiger partial charge on any atom is -0.354 e. The molecule has 3 aromatic rings. The fourth-order valence-electron chi connectivity index (χ4n) is 4.32. The van der Waals surface area contributed by atoms with Gasteiger partial charge in [-0.25, -0.2) is 17.2 Å². The number of hydrogen-bond acceptors (Lipinski definition) is 4. The summed E-state index contributed by atoms with van der Waals surface area (Å²) >= 11 is 0. The number of nitrogens with zero attached hydrogens (tertiary/aromatic N) is 2. The van der Waals surface area contributed by atoms with Gasteiger partial charge in [-0.05, 0) is 60.4 Å². The van der Waals surface area contributed by atoms with E-state index in [2.05, 4.69) is 5.32 Å². The Balaban J connectivity index is 1.85. The number of anilines is 1. The molecule has 0 heterocycles.